The van der Waals surface area contributed by atoms with Crippen molar-refractivity contribution in [3.05, 3.63) is 54.1 Å². The quantitative estimate of drug-likeness (QED) is 0.560. The zero-order valence-electron chi connectivity index (χ0n) is 17.3. The number of hydrogen-bond acceptors (Lipinski definition) is 4. The molecule has 1 fully saturated rings. The van der Waals surface area contributed by atoms with Crippen molar-refractivity contribution in [3.63, 3.8) is 0 Å². The van der Waals surface area contributed by atoms with Crippen LogP contribution in [0.1, 0.15) is 44.6 Å². The van der Waals surface area contributed by atoms with Crippen molar-refractivity contribution in [1.29, 1.82) is 0 Å². The first-order valence-corrected chi connectivity index (χ1v) is 11.5. The topological polar surface area (TPSA) is 53.5 Å². The molecule has 1 aromatic heterocycles. The Bertz CT molecular complexity index is 995. The highest BCUT2D eigenvalue weighted by atomic mass is 32.1. The van der Waals surface area contributed by atoms with Crippen LogP contribution >= 0.6 is 11.3 Å². The first-order chi connectivity index (χ1) is 14.7. The van der Waals surface area contributed by atoms with Gasteiger partial charge in [-0.3, -0.25) is 14.5 Å². The Morgan fingerprint density at radius 3 is 2.60 bits per heavy atom. The van der Waals surface area contributed by atoms with Crippen molar-refractivity contribution < 1.29 is 9.59 Å². The number of carbonyl (C=O) groups is 2. The Labute approximate surface area is 181 Å². The molecule has 0 aliphatic carbocycles. The molecule has 2 amide bonds. The van der Waals surface area contributed by atoms with E-state index in [1.54, 1.807) is 9.80 Å². The van der Waals surface area contributed by atoms with Gasteiger partial charge in [0.15, 0.2) is 5.13 Å². The summed E-state index contributed by atoms with van der Waals surface area (Å²) in [6.07, 6.45) is 5.53. The molecular formula is C24H27N3O2S. The Balaban J connectivity index is 1.66. The third kappa shape index (κ3) is 4.54. The van der Waals surface area contributed by atoms with Gasteiger partial charge in [0.25, 0.3) is 5.91 Å². The van der Waals surface area contributed by atoms with E-state index in [2.05, 4.69) is 6.92 Å². The van der Waals surface area contributed by atoms with Crippen molar-refractivity contribution >= 4 is 44.2 Å². The Kier molecular flexibility index (Phi) is 6.43. The molecule has 2 heterocycles. The molecule has 1 saturated heterocycles. The number of thiazole rings is 1. The molecule has 0 atom stereocenters. The lowest BCUT2D eigenvalue weighted by molar-refractivity contribution is -0.135. The number of aryl methyl sites for hydroxylation is 1. The van der Waals surface area contributed by atoms with Crippen LogP contribution in [0, 0.1) is 0 Å². The molecule has 156 valence electrons. The fourth-order valence-corrected chi connectivity index (χ4v) is 4.82. The summed E-state index contributed by atoms with van der Waals surface area (Å²) in [5.41, 5.74) is 2.88. The summed E-state index contributed by atoms with van der Waals surface area (Å²) in [5, 5.41) is 0.643. The van der Waals surface area contributed by atoms with Gasteiger partial charge in [-0.05, 0) is 49.1 Å². The largest absolute Gasteiger partial charge is 0.333 e. The number of likely N-dealkylation sites (tertiary alicyclic amines) is 1. The van der Waals surface area contributed by atoms with Gasteiger partial charge in [0.05, 0.1) is 15.9 Å². The molecule has 0 bridgehead atoms. The first kappa shape index (κ1) is 20.5. The van der Waals surface area contributed by atoms with Gasteiger partial charge >= 0.3 is 0 Å². The monoisotopic (exact) mass is 421 g/mol. The van der Waals surface area contributed by atoms with Crippen LogP contribution in [0.15, 0.2) is 48.5 Å². The maximum atomic E-state index is 13.5. The van der Waals surface area contributed by atoms with E-state index in [-0.39, 0.29) is 18.4 Å². The molecule has 0 unspecified atom stereocenters. The van der Waals surface area contributed by atoms with E-state index < -0.39 is 0 Å². The molecule has 1 aliphatic rings. The van der Waals surface area contributed by atoms with E-state index in [0.29, 0.717) is 18.1 Å². The number of para-hydroxylation sites is 1. The van der Waals surface area contributed by atoms with Gasteiger partial charge in [0.1, 0.15) is 6.54 Å². The van der Waals surface area contributed by atoms with Gasteiger partial charge in [-0.2, -0.15) is 0 Å². The number of carbonyl (C=O) groups excluding carboxylic acids is 2. The number of rotatable bonds is 5. The molecule has 5 nitrogen and oxygen atoms in total. The molecule has 0 radical (unpaired) electrons. The second-order valence-corrected chi connectivity index (χ2v) is 8.70. The van der Waals surface area contributed by atoms with Crippen molar-refractivity contribution in [3.8, 4) is 0 Å². The lowest BCUT2D eigenvalue weighted by atomic mass is 10.1. The molecule has 4 rings (SSSR count). The van der Waals surface area contributed by atoms with Gasteiger partial charge in [-0.15, -0.1) is 0 Å². The average Bonchev–Trinajstić information content (AvgIpc) is 3.17. The normalized spacial score (nSPS) is 15.1. The molecule has 0 spiro atoms. The zero-order chi connectivity index (χ0) is 20.9. The average molecular weight is 422 g/mol. The second-order valence-electron chi connectivity index (χ2n) is 7.69. The fraction of sp³-hybridized carbons (Fsp3) is 0.375. The summed E-state index contributed by atoms with van der Waals surface area (Å²) in [6.45, 7) is 2.84. The molecule has 0 saturated carbocycles. The highest BCUT2D eigenvalue weighted by Gasteiger charge is 2.26. The van der Waals surface area contributed by atoms with E-state index in [1.165, 1.54) is 16.9 Å². The molecule has 1 aliphatic heterocycles. The Hall–Kier alpha value is -2.73. The predicted octanol–water partition coefficient (Wildman–Crippen LogP) is 5.32. The number of benzene rings is 2. The number of anilines is 2. The second kappa shape index (κ2) is 9.39. The van der Waals surface area contributed by atoms with Crippen molar-refractivity contribution in [2.75, 3.05) is 18.0 Å². The van der Waals surface area contributed by atoms with Gasteiger partial charge in [0, 0.05) is 13.0 Å². The van der Waals surface area contributed by atoms with Crippen LogP contribution in [0.2, 0.25) is 0 Å². The van der Waals surface area contributed by atoms with Crippen molar-refractivity contribution in [2.24, 2.45) is 0 Å². The van der Waals surface area contributed by atoms with Gasteiger partial charge in [0.2, 0.25) is 5.91 Å². The highest BCUT2D eigenvalue weighted by molar-refractivity contribution is 7.22. The van der Waals surface area contributed by atoms with Crippen LogP contribution in [-0.2, 0) is 16.0 Å². The molecule has 3 aromatic rings. The summed E-state index contributed by atoms with van der Waals surface area (Å²) >= 11 is 1.50. The summed E-state index contributed by atoms with van der Waals surface area (Å²) in [6, 6.07) is 15.9. The van der Waals surface area contributed by atoms with Crippen LogP contribution < -0.4 is 4.90 Å². The Morgan fingerprint density at radius 2 is 1.83 bits per heavy atom. The minimum atomic E-state index is -0.118. The van der Waals surface area contributed by atoms with Crippen LogP contribution in [0.5, 0.6) is 0 Å². The highest BCUT2D eigenvalue weighted by Crippen LogP contribution is 2.34. The molecular weight excluding hydrogens is 394 g/mol. The Morgan fingerprint density at radius 1 is 1.07 bits per heavy atom. The minimum Gasteiger partial charge on any atom is -0.333 e. The van der Waals surface area contributed by atoms with Gasteiger partial charge < -0.3 is 4.90 Å². The van der Waals surface area contributed by atoms with E-state index in [0.717, 1.165) is 48.0 Å². The zero-order valence-corrected chi connectivity index (χ0v) is 18.2. The van der Waals surface area contributed by atoms with Gasteiger partial charge in [-0.1, -0.05) is 55.4 Å². The number of hydrogen-bond donors (Lipinski definition) is 0. The number of nitrogens with zero attached hydrogens (tertiary/aromatic N) is 3. The summed E-state index contributed by atoms with van der Waals surface area (Å²) in [4.78, 5) is 34.2. The third-order valence-corrected chi connectivity index (χ3v) is 6.60. The fourth-order valence-electron chi connectivity index (χ4n) is 3.81. The van der Waals surface area contributed by atoms with E-state index in [9.17, 15) is 9.59 Å². The third-order valence-electron chi connectivity index (χ3n) is 5.57. The summed E-state index contributed by atoms with van der Waals surface area (Å²) < 4.78 is 1.04. The number of fused-ring (bicyclic) bond motifs is 1. The standard InChI is InChI=1S/C24H27N3O2S/c1-2-18-12-14-19(15-13-18)27(24-25-20-9-6-7-10-21(20)30-24)23(29)17-26-16-8-4-3-5-11-22(26)28/h6-7,9-10,12-15H,2-5,8,11,16-17H2,1H3. The molecule has 30 heavy (non-hydrogen) atoms. The minimum absolute atomic E-state index is 0.0774. The number of aromatic nitrogens is 1. The van der Waals surface area contributed by atoms with Crippen LogP contribution in [0.25, 0.3) is 10.2 Å². The lowest BCUT2D eigenvalue weighted by Gasteiger charge is -2.27. The summed E-state index contributed by atoms with van der Waals surface area (Å²) in [5.74, 6) is -0.0409. The van der Waals surface area contributed by atoms with Gasteiger partial charge in [-0.25, -0.2) is 4.98 Å². The SMILES string of the molecule is CCc1ccc(N(C(=O)CN2CCCCCCC2=O)c2nc3ccccc3s2)cc1. The van der Waals surface area contributed by atoms with Crippen LogP contribution in [-0.4, -0.2) is 34.8 Å². The van der Waals surface area contributed by atoms with Crippen molar-refractivity contribution in [2.45, 2.75) is 45.4 Å². The number of amides is 2. The van der Waals surface area contributed by atoms with Crippen molar-refractivity contribution in [1.82, 2.24) is 9.88 Å². The van der Waals surface area contributed by atoms with E-state index in [4.69, 9.17) is 4.98 Å². The molecule has 0 N–H and O–H groups in total. The maximum Gasteiger partial charge on any atom is 0.252 e. The molecule has 6 heteroatoms. The van der Waals surface area contributed by atoms with E-state index >= 15 is 0 Å². The summed E-state index contributed by atoms with van der Waals surface area (Å²) in [7, 11) is 0. The predicted molar refractivity (Wildman–Crippen MR) is 122 cm³/mol. The molecule has 2 aromatic carbocycles. The first-order valence-electron chi connectivity index (χ1n) is 10.7. The van der Waals surface area contributed by atoms with Crippen LogP contribution in [0.4, 0.5) is 10.8 Å². The lowest BCUT2D eigenvalue weighted by Crippen LogP contribution is -2.42. The van der Waals surface area contributed by atoms with Crippen LogP contribution in [0.3, 0.4) is 0 Å². The van der Waals surface area contributed by atoms with E-state index in [1.807, 2.05) is 48.5 Å². The smallest absolute Gasteiger partial charge is 0.252 e. The maximum absolute atomic E-state index is 13.5.